The van der Waals surface area contributed by atoms with Gasteiger partial charge < -0.3 is 4.74 Å². The molecule has 1 aliphatic heterocycles. The lowest BCUT2D eigenvalue weighted by Gasteiger charge is -2.13. The van der Waals surface area contributed by atoms with E-state index < -0.39 is 0 Å². The second kappa shape index (κ2) is 7.11. The SMILES string of the molecule is Clc1ccc(Cl)c(-c2cccc3c2OC(CCc2ccccc2)C3)c1. The van der Waals surface area contributed by atoms with Crippen molar-refractivity contribution in [3.63, 3.8) is 0 Å². The summed E-state index contributed by atoms with van der Waals surface area (Å²) in [6, 6.07) is 22.3. The van der Waals surface area contributed by atoms with Gasteiger partial charge in [0.1, 0.15) is 11.9 Å². The molecule has 0 spiro atoms. The molecule has 126 valence electrons. The van der Waals surface area contributed by atoms with Crippen LogP contribution in [0.5, 0.6) is 5.75 Å². The Morgan fingerprint density at radius 2 is 1.72 bits per heavy atom. The smallest absolute Gasteiger partial charge is 0.130 e. The summed E-state index contributed by atoms with van der Waals surface area (Å²) in [5.41, 5.74) is 4.54. The highest BCUT2D eigenvalue weighted by molar-refractivity contribution is 6.35. The number of halogens is 2. The van der Waals surface area contributed by atoms with Crippen LogP contribution in [0.3, 0.4) is 0 Å². The summed E-state index contributed by atoms with van der Waals surface area (Å²) in [5.74, 6) is 0.949. The van der Waals surface area contributed by atoms with Crippen LogP contribution in [0.1, 0.15) is 17.5 Å². The summed E-state index contributed by atoms with van der Waals surface area (Å²) in [6.45, 7) is 0. The fourth-order valence-corrected chi connectivity index (χ4v) is 3.78. The minimum Gasteiger partial charge on any atom is -0.489 e. The number of hydrogen-bond donors (Lipinski definition) is 0. The highest BCUT2D eigenvalue weighted by Crippen LogP contribution is 2.42. The minimum absolute atomic E-state index is 0.203. The molecule has 3 aromatic carbocycles. The van der Waals surface area contributed by atoms with Gasteiger partial charge in [-0.25, -0.2) is 0 Å². The lowest BCUT2D eigenvalue weighted by atomic mass is 9.99. The molecule has 0 aliphatic carbocycles. The van der Waals surface area contributed by atoms with Crippen LogP contribution >= 0.6 is 23.2 Å². The maximum atomic E-state index is 6.40. The van der Waals surface area contributed by atoms with E-state index in [2.05, 4.69) is 42.5 Å². The van der Waals surface area contributed by atoms with Crippen LogP contribution in [0.15, 0.2) is 66.7 Å². The van der Waals surface area contributed by atoms with Crippen molar-refractivity contribution in [1.29, 1.82) is 0 Å². The number of para-hydroxylation sites is 1. The number of benzene rings is 3. The zero-order valence-corrected chi connectivity index (χ0v) is 15.2. The van der Waals surface area contributed by atoms with Gasteiger partial charge in [0.15, 0.2) is 0 Å². The first-order valence-corrected chi connectivity index (χ1v) is 9.24. The molecule has 4 rings (SSSR count). The van der Waals surface area contributed by atoms with Gasteiger partial charge in [-0.1, -0.05) is 71.7 Å². The molecule has 0 saturated heterocycles. The Kier molecular flexibility index (Phi) is 4.70. The van der Waals surface area contributed by atoms with Crippen LogP contribution in [0.2, 0.25) is 10.0 Å². The summed E-state index contributed by atoms with van der Waals surface area (Å²) in [5, 5.41) is 1.37. The monoisotopic (exact) mass is 368 g/mol. The largest absolute Gasteiger partial charge is 0.489 e. The number of aryl methyl sites for hydroxylation is 1. The van der Waals surface area contributed by atoms with Gasteiger partial charge in [-0.15, -0.1) is 0 Å². The zero-order chi connectivity index (χ0) is 17.2. The van der Waals surface area contributed by atoms with Crippen LogP contribution in [-0.2, 0) is 12.8 Å². The van der Waals surface area contributed by atoms with E-state index in [9.17, 15) is 0 Å². The third-order valence-corrected chi connectivity index (χ3v) is 5.21. The predicted molar refractivity (Wildman–Crippen MR) is 105 cm³/mol. The maximum Gasteiger partial charge on any atom is 0.130 e. The Labute approximate surface area is 158 Å². The third-order valence-electron chi connectivity index (χ3n) is 4.65. The van der Waals surface area contributed by atoms with Crippen molar-refractivity contribution in [3.8, 4) is 16.9 Å². The van der Waals surface area contributed by atoms with Gasteiger partial charge in [-0.05, 0) is 42.2 Å². The Hall–Kier alpha value is -1.96. The van der Waals surface area contributed by atoms with Crippen molar-refractivity contribution in [3.05, 3.63) is 87.9 Å². The summed E-state index contributed by atoms with van der Waals surface area (Å²) in [6.07, 6.45) is 3.16. The van der Waals surface area contributed by atoms with Crippen molar-refractivity contribution in [1.82, 2.24) is 0 Å². The normalized spacial score (nSPS) is 15.7. The topological polar surface area (TPSA) is 9.23 Å². The fourth-order valence-electron chi connectivity index (χ4n) is 3.39. The fraction of sp³-hybridized carbons (Fsp3) is 0.182. The van der Waals surface area contributed by atoms with E-state index in [4.69, 9.17) is 27.9 Å². The third kappa shape index (κ3) is 3.53. The second-order valence-corrected chi connectivity index (χ2v) is 7.23. The van der Waals surface area contributed by atoms with Crippen LogP contribution in [0, 0.1) is 0 Å². The molecule has 0 radical (unpaired) electrons. The number of fused-ring (bicyclic) bond motifs is 1. The molecule has 0 aromatic heterocycles. The average Bonchev–Trinajstić information content (AvgIpc) is 3.06. The molecular formula is C22H18Cl2O. The molecule has 0 fully saturated rings. The Balaban J connectivity index is 1.56. The van der Waals surface area contributed by atoms with Gasteiger partial charge in [0.05, 0.1) is 0 Å². The second-order valence-electron chi connectivity index (χ2n) is 6.39. The molecule has 0 saturated carbocycles. The molecule has 1 aliphatic rings. The molecule has 1 atom stereocenters. The summed E-state index contributed by atoms with van der Waals surface area (Å²) < 4.78 is 6.31. The van der Waals surface area contributed by atoms with Crippen LogP contribution in [-0.4, -0.2) is 6.10 Å². The summed E-state index contributed by atoms with van der Waals surface area (Å²) >= 11 is 12.6. The Bertz CT molecular complexity index is 890. The van der Waals surface area contributed by atoms with Gasteiger partial charge >= 0.3 is 0 Å². The number of hydrogen-bond acceptors (Lipinski definition) is 1. The van der Waals surface area contributed by atoms with Gasteiger partial charge in [-0.2, -0.15) is 0 Å². The predicted octanol–water partition coefficient (Wildman–Crippen LogP) is 6.60. The van der Waals surface area contributed by atoms with Crippen LogP contribution < -0.4 is 4.74 Å². The molecule has 3 heteroatoms. The van der Waals surface area contributed by atoms with Crippen molar-refractivity contribution >= 4 is 23.2 Å². The molecule has 0 amide bonds. The first kappa shape index (κ1) is 16.5. The number of ether oxygens (including phenoxy) is 1. The Morgan fingerprint density at radius 3 is 2.56 bits per heavy atom. The van der Waals surface area contributed by atoms with Gasteiger partial charge in [0.2, 0.25) is 0 Å². The van der Waals surface area contributed by atoms with Gasteiger partial charge in [-0.3, -0.25) is 0 Å². The zero-order valence-electron chi connectivity index (χ0n) is 13.7. The van der Waals surface area contributed by atoms with E-state index in [1.807, 2.05) is 18.2 Å². The lowest BCUT2D eigenvalue weighted by Crippen LogP contribution is -2.13. The molecule has 1 unspecified atom stereocenters. The van der Waals surface area contributed by atoms with Gasteiger partial charge in [0.25, 0.3) is 0 Å². The first-order valence-electron chi connectivity index (χ1n) is 8.48. The maximum absolute atomic E-state index is 6.40. The lowest BCUT2D eigenvalue weighted by molar-refractivity contribution is 0.222. The van der Waals surface area contributed by atoms with E-state index in [0.717, 1.165) is 36.1 Å². The highest BCUT2D eigenvalue weighted by atomic mass is 35.5. The van der Waals surface area contributed by atoms with Crippen molar-refractivity contribution < 1.29 is 4.74 Å². The Morgan fingerprint density at radius 1 is 0.880 bits per heavy atom. The van der Waals surface area contributed by atoms with Crippen LogP contribution in [0.4, 0.5) is 0 Å². The molecule has 3 aromatic rings. The van der Waals surface area contributed by atoms with E-state index in [-0.39, 0.29) is 6.10 Å². The van der Waals surface area contributed by atoms with Crippen molar-refractivity contribution in [2.45, 2.75) is 25.4 Å². The highest BCUT2D eigenvalue weighted by Gasteiger charge is 2.26. The molecule has 1 heterocycles. The van der Waals surface area contributed by atoms with E-state index in [1.54, 1.807) is 6.07 Å². The van der Waals surface area contributed by atoms with Crippen molar-refractivity contribution in [2.24, 2.45) is 0 Å². The molecule has 0 N–H and O–H groups in total. The van der Waals surface area contributed by atoms with Crippen molar-refractivity contribution in [2.75, 3.05) is 0 Å². The van der Waals surface area contributed by atoms with Crippen LogP contribution in [0.25, 0.3) is 11.1 Å². The summed E-state index contributed by atoms with van der Waals surface area (Å²) in [4.78, 5) is 0. The standard InChI is InChI=1S/C22H18Cl2O/c23-17-10-12-21(24)20(14-17)19-8-4-7-16-13-18(25-22(16)19)11-9-15-5-2-1-3-6-15/h1-8,10,12,14,18H,9,11,13H2. The molecule has 25 heavy (non-hydrogen) atoms. The first-order chi connectivity index (χ1) is 12.2. The summed E-state index contributed by atoms with van der Waals surface area (Å²) in [7, 11) is 0. The van der Waals surface area contributed by atoms with E-state index in [0.29, 0.717) is 10.0 Å². The molecule has 1 nitrogen and oxygen atoms in total. The van der Waals surface area contributed by atoms with Gasteiger partial charge in [0, 0.05) is 27.6 Å². The molecular weight excluding hydrogens is 351 g/mol. The average molecular weight is 369 g/mol. The molecule has 0 bridgehead atoms. The quantitative estimate of drug-likeness (QED) is 0.504. The minimum atomic E-state index is 0.203. The van der Waals surface area contributed by atoms with E-state index >= 15 is 0 Å². The van der Waals surface area contributed by atoms with E-state index in [1.165, 1.54) is 11.1 Å². The number of rotatable bonds is 4.